The number of halogens is 1. The molecule has 0 aromatic heterocycles. The van der Waals surface area contributed by atoms with E-state index in [9.17, 15) is 5.11 Å². The predicted molar refractivity (Wildman–Crippen MR) is 66.0 cm³/mol. The summed E-state index contributed by atoms with van der Waals surface area (Å²) in [6, 6.07) is 0. The van der Waals surface area contributed by atoms with Crippen LogP contribution >= 0.6 is 12.4 Å². The second kappa shape index (κ2) is 7.45. The SMILES string of the molecule is Cl.OC1CNCC1CNCC1CCOCC1. The van der Waals surface area contributed by atoms with Gasteiger partial charge in [0, 0.05) is 38.8 Å². The van der Waals surface area contributed by atoms with E-state index in [0.717, 1.165) is 45.3 Å². The number of nitrogens with one attached hydrogen (secondary N) is 2. The fraction of sp³-hybridized carbons (Fsp3) is 1.00. The largest absolute Gasteiger partial charge is 0.391 e. The van der Waals surface area contributed by atoms with E-state index in [1.807, 2.05) is 0 Å². The molecule has 2 saturated heterocycles. The first-order valence-corrected chi connectivity index (χ1v) is 6.03. The third-order valence-electron chi connectivity index (χ3n) is 3.48. The van der Waals surface area contributed by atoms with Gasteiger partial charge in [0.1, 0.15) is 0 Å². The second-order valence-corrected chi connectivity index (χ2v) is 4.70. The number of rotatable bonds is 4. The van der Waals surface area contributed by atoms with Crippen molar-refractivity contribution in [2.24, 2.45) is 11.8 Å². The van der Waals surface area contributed by atoms with E-state index in [2.05, 4.69) is 10.6 Å². The maximum Gasteiger partial charge on any atom is 0.0716 e. The number of ether oxygens (including phenoxy) is 1. The van der Waals surface area contributed by atoms with Gasteiger partial charge in [-0.05, 0) is 25.3 Å². The van der Waals surface area contributed by atoms with Gasteiger partial charge in [0.2, 0.25) is 0 Å². The molecular weight excluding hydrogens is 228 g/mol. The highest BCUT2D eigenvalue weighted by atomic mass is 35.5. The van der Waals surface area contributed by atoms with Crippen molar-refractivity contribution < 1.29 is 9.84 Å². The monoisotopic (exact) mass is 250 g/mol. The molecule has 2 atom stereocenters. The van der Waals surface area contributed by atoms with E-state index in [0.29, 0.717) is 5.92 Å². The number of aliphatic hydroxyl groups excluding tert-OH is 1. The van der Waals surface area contributed by atoms with Crippen molar-refractivity contribution in [1.82, 2.24) is 10.6 Å². The summed E-state index contributed by atoms with van der Waals surface area (Å²) in [7, 11) is 0. The Hall–Kier alpha value is 0.130. The van der Waals surface area contributed by atoms with Crippen LogP contribution in [0.5, 0.6) is 0 Å². The molecule has 0 aromatic rings. The van der Waals surface area contributed by atoms with Gasteiger partial charge < -0.3 is 20.5 Å². The fourth-order valence-electron chi connectivity index (χ4n) is 2.35. The first-order valence-electron chi connectivity index (χ1n) is 6.03. The number of hydrogen-bond acceptors (Lipinski definition) is 4. The summed E-state index contributed by atoms with van der Waals surface area (Å²) in [5.41, 5.74) is 0. The first-order chi connectivity index (χ1) is 7.36. The molecule has 0 radical (unpaired) electrons. The van der Waals surface area contributed by atoms with Crippen LogP contribution in [0.1, 0.15) is 12.8 Å². The minimum Gasteiger partial charge on any atom is -0.391 e. The Balaban J connectivity index is 0.00000128. The number of aliphatic hydroxyl groups is 1. The van der Waals surface area contributed by atoms with Crippen molar-refractivity contribution in [2.75, 3.05) is 39.4 Å². The smallest absolute Gasteiger partial charge is 0.0716 e. The quantitative estimate of drug-likeness (QED) is 0.658. The van der Waals surface area contributed by atoms with Crippen molar-refractivity contribution in [3.05, 3.63) is 0 Å². The van der Waals surface area contributed by atoms with Crippen LogP contribution in [0.3, 0.4) is 0 Å². The van der Waals surface area contributed by atoms with Crippen LogP contribution < -0.4 is 10.6 Å². The van der Waals surface area contributed by atoms with Crippen molar-refractivity contribution in [3.8, 4) is 0 Å². The Bertz CT molecular complexity index is 189. The molecule has 0 amide bonds. The van der Waals surface area contributed by atoms with Gasteiger partial charge in [0.05, 0.1) is 6.10 Å². The van der Waals surface area contributed by atoms with E-state index in [4.69, 9.17) is 4.74 Å². The van der Waals surface area contributed by atoms with Gasteiger partial charge >= 0.3 is 0 Å². The van der Waals surface area contributed by atoms with Gasteiger partial charge in [-0.25, -0.2) is 0 Å². The van der Waals surface area contributed by atoms with Gasteiger partial charge in [-0.1, -0.05) is 0 Å². The second-order valence-electron chi connectivity index (χ2n) is 4.70. The summed E-state index contributed by atoms with van der Waals surface area (Å²) in [5.74, 6) is 1.16. The molecule has 2 fully saturated rings. The molecule has 3 N–H and O–H groups in total. The summed E-state index contributed by atoms with van der Waals surface area (Å²) < 4.78 is 5.32. The Kier molecular flexibility index (Phi) is 6.61. The van der Waals surface area contributed by atoms with Crippen LogP contribution in [0.2, 0.25) is 0 Å². The molecule has 2 heterocycles. The molecule has 2 aliphatic heterocycles. The van der Waals surface area contributed by atoms with Crippen LogP contribution in [-0.2, 0) is 4.74 Å². The first kappa shape index (κ1) is 14.2. The normalized spacial score (nSPS) is 31.3. The van der Waals surface area contributed by atoms with E-state index >= 15 is 0 Å². The molecule has 0 aromatic carbocycles. The lowest BCUT2D eigenvalue weighted by molar-refractivity contribution is 0.0653. The molecule has 2 unspecified atom stereocenters. The highest BCUT2D eigenvalue weighted by Gasteiger charge is 2.24. The summed E-state index contributed by atoms with van der Waals surface area (Å²) in [6.45, 7) is 5.55. The zero-order chi connectivity index (χ0) is 10.5. The molecule has 2 rings (SSSR count). The van der Waals surface area contributed by atoms with E-state index in [1.54, 1.807) is 0 Å². The Morgan fingerprint density at radius 2 is 1.94 bits per heavy atom. The average molecular weight is 251 g/mol. The number of hydrogen-bond donors (Lipinski definition) is 3. The predicted octanol–water partition coefficient (Wildman–Crippen LogP) is 0.00470. The van der Waals surface area contributed by atoms with Crippen molar-refractivity contribution in [1.29, 1.82) is 0 Å². The van der Waals surface area contributed by atoms with E-state index < -0.39 is 0 Å². The summed E-state index contributed by atoms with van der Waals surface area (Å²) in [5, 5.41) is 16.3. The Morgan fingerprint density at radius 1 is 1.19 bits per heavy atom. The molecule has 0 bridgehead atoms. The van der Waals surface area contributed by atoms with Crippen LogP contribution in [0.25, 0.3) is 0 Å². The third kappa shape index (κ3) is 4.18. The maximum absolute atomic E-state index is 9.60. The van der Waals surface area contributed by atoms with Crippen molar-refractivity contribution >= 4 is 12.4 Å². The van der Waals surface area contributed by atoms with Gasteiger partial charge in [-0.3, -0.25) is 0 Å². The third-order valence-corrected chi connectivity index (χ3v) is 3.48. The number of β-amino-alcohol motifs (C(OH)–C–C–N with tert-alkyl or cyclic N) is 1. The lowest BCUT2D eigenvalue weighted by Crippen LogP contribution is -2.34. The molecule has 0 aliphatic carbocycles. The molecule has 5 heteroatoms. The van der Waals surface area contributed by atoms with Gasteiger partial charge in [-0.15, -0.1) is 12.4 Å². The van der Waals surface area contributed by atoms with Crippen LogP contribution in [0.4, 0.5) is 0 Å². The molecule has 0 spiro atoms. The molecule has 96 valence electrons. The van der Waals surface area contributed by atoms with Crippen molar-refractivity contribution in [2.45, 2.75) is 18.9 Å². The van der Waals surface area contributed by atoms with Crippen molar-refractivity contribution in [3.63, 3.8) is 0 Å². The molecule has 0 saturated carbocycles. The Morgan fingerprint density at radius 3 is 2.56 bits per heavy atom. The lowest BCUT2D eigenvalue weighted by atomic mass is 10.00. The lowest BCUT2D eigenvalue weighted by Gasteiger charge is -2.23. The summed E-state index contributed by atoms with van der Waals surface area (Å²) in [6.07, 6.45) is 2.20. The summed E-state index contributed by atoms with van der Waals surface area (Å²) in [4.78, 5) is 0. The molecule has 16 heavy (non-hydrogen) atoms. The van der Waals surface area contributed by atoms with Gasteiger partial charge in [0.15, 0.2) is 0 Å². The topological polar surface area (TPSA) is 53.5 Å². The molecule has 4 nitrogen and oxygen atoms in total. The van der Waals surface area contributed by atoms with Crippen LogP contribution in [0.15, 0.2) is 0 Å². The highest BCUT2D eigenvalue weighted by Crippen LogP contribution is 2.14. The zero-order valence-corrected chi connectivity index (χ0v) is 10.5. The Labute approximate surface area is 104 Å². The molecule has 2 aliphatic rings. The van der Waals surface area contributed by atoms with Gasteiger partial charge in [-0.2, -0.15) is 0 Å². The zero-order valence-electron chi connectivity index (χ0n) is 9.65. The highest BCUT2D eigenvalue weighted by molar-refractivity contribution is 5.85. The standard InChI is InChI=1S/C11H22N2O2.ClH/c14-11-8-13-7-10(11)6-12-5-9-1-3-15-4-2-9;/h9-14H,1-8H2;1H. The van der Waals surface area contributed by atoms with Gasteiger partial charge in [0.25, 0.3) is 0 Å². The fourth-order valence-corrected chi connectivity index (χ4v) is 2.35. The van der Waals surface area contributed by atoms with Crippen LogP contribution in [-0.4, -0.2) is 50.6 Å². The maximum atomic E-state index is 9.60. The average Bonchev–Trinajstić information content (AvgIpc) is 2.66. The minimum atomic E-state index is -0.160. The molecular formula is C11H23ClN2O2. The van der Waals surface area contributed by atoms with E-state index in [-0.39, 0.29) is 18.5 Å². The van der Waals surface area contributed by atoms with Crippen LogP contribution in [0, 0.1) is 11.8 Å². The minimum absolute atomic E-state index is 0. The van der Waals surface area contributed by atoms with E-state index in [1.165, 1.54) is 12.8 Å². The summed E-state index contributed by atoms with van der Waals surface area (Å²) >= 11 is 0.